The number of nitrogens with zero attached hydrogens (tertiary/aromatic N) is 3. The summed E-state index contributed by atoms with van der Waals surface area (Å²) in [4.78, 5) is 0. The minimum Gasteiger partial charge on any atom is -0.353 e. The first-order chi connectivity index (χ1) is 9.62. The van der Waals surface area contributed by atoms with E-state index in [1.165, 1.54) is 6.42 Å². The number of rotatable bonds is 7. The van der Waals surface area contributed by atoms with Crippen LogP contribution in [0.3, 0.4) is 0 Å². The summed E-state index contributed by atoms with van der Waals surface area (Å²) < 4.78 is 13.1. The number of hydrogen-bond donors (Lipinski definition) is 1. The normalized spacial score (nSPS) is 20.2. The van der Waals surface area contributed by atoms with Crippen molar-refractivity contribution in [2.24, 2.45) is 0 Å². The predicted octanol–water partition coefficient (Wildman–Crippen LogP) is 1.67. The molecular weight excluding hydrogens is 256 g/mol. The van der Waals surface area contributed by atoms with Crippen molar-refractivity contribution in [1.82, 2.24) is 20.3 Å². The molecule has 20 heavy (non-hydrogen) atoms. The highest BCUT2D eigenvalue weighted by Gasteiger charge is 2.22. The van der Waals surface area contributed by atoms with Crippen LogP contribution >= 0.6 is 0 Å². The van der Waals surface area contributed by atoms with Crippen LogP contribution in [0.5, 0.6) is 0 Å². The van der Waals surface area contributed by atoms with E-state index in [-0.39, 0.29) is 11.8 Å². The molecule has 1 saturated heterocycles. The number of aromatic nitrogens is 3. The second kappa shape index (κ2) is 7.15. The molecule has 1 atom stereocenters. The molecule has 0 aliphatic carbocycles. The van der Waals surface area contributed by atoms with E-state index in [1.54, 1.807) is 0 Å². The standard InChI is InChI=1S/C14H26N4O2/c1-4-15-14(2,3)12-11-18(17-16-12)8-10-20-13-7-5-6-9-19-13/h11,13,15H,4-10H2,1-3H3. The lowest BCUT2D eigenvalue weighted by molar-refractivity contribution is -0.163. The number of hydrogen-bond acceptors (Lipinski definition) is 5. The quantitative estimate of drug-likeness (QED) is 0.824. The van der Waals surface area contributed by atoms with Gasteiger partial charge in [0, 0.05) is 6.61 Å². The molecule has 1 aromatic rings. The molecule has 0 aromatic carbocycles. The van der Waals surface area contributed by atoms with Gasteiger partial charge in [-0.1, -0.05) is 12.1 Å². The molecule has 1 aliphatic rings. The molecule has 0 spiro atoms. The lowest BCUT2D eigenvalue weighted by Crippen LogP contribution is -2.36. The Morgan fingerprint density at radius 3 is 3.05 bits per heavy atom. The Bertz CT molecular complexity index is 400. The summed E-state index contributed by atoms with van der Waals surface area (Å²) in [5, 5.41) is 11.8. The van der Waals surface area contributed by atoms with Crippen molar-refractivity contribution in [3.05, 3.63) is 11.9 Å². The highest BCUT2D eigenvalue weighted by atomic mass is 16.7. The first-order valence-corrected chi connectivity index (χ1v) is 7.50. The van der Waals surface area contributed by atoms with Gasteiger partial charge in [-0.2, -0.15) is 0 Å². The molecule has 0 saturated carbocycles. The van der Waals surface area contributed by atoms with E-state index < -0.39 is 0 Å². The zero-order valence-electron chi connectivity index (χ0n) is 12.8. The summed E-state index contributed by atoms with van der Waals surface area (Å²) in [5.41, 5.74) is 0.800. The van der Waals surface area contributed by atoms with Crippen LogP contribution in [0.4, 0.5) is 0 Å². The SMILES string of the molecule is CCNC(C)(C)c1cn(CCOC2CCCCO2)nn1. The van der Waals surface area contributed by atoms with E-state index in [9.17, 15) is 0 Å². The monoisotopic (exact) mass is 282 g/mol. The fourth-order valence-corrected chi connectivity index (χ4v) is 2.35. The maximum atomic E-state index is 5.70. The van der Waals surface area contributed by atoms with Crippen LogP contribution < -0.4 is 5.32 Å². The van der Waals surface area contributed by atoms with Crippen LogP contribution in [0, 0.1) is 0 Å². The molecule has 0 radical (unpaired) electrons. The van der Waals surface area contributed by atoms with E-state index in [4.69, 9.17) is 9.47 Å². The average Bonchev–Trinajstić information content (AvgIpc) is 2.90. The van der Waals surface area contributed by atoms with E-state index in [0.717, 1.165) is 31.7 Å². The molecule has 2 rings (SSSR count). The highest BCUT2D eigenvalue weighted by molar-refractivity contribution is 5.06. The van der Waals surface area contributed by atoms with Crippen molar-refractivity contribution in [1.29, 1.82) is 0 Å². The third kappa shape index (κ3) is 4.26. The Hall–Kier alpha value is -0.980. The molecule has 1 N–H and O–H groups in total. The lowest BCUT2D eigenvalue weighted by atomic mass is 10.0. The molecule has 6 nitrogen and oxygen atoms in total. The van der Waals surface area contributed by atoms with Crippen molar-refractivity contribution in [2.75, 3.05) is 19.8 Å². The fraction of sp³-hybridized carbons (Fsp3) is 0.857. The second-order valence-electron chi connectivity index (χ2n) is 5.69. The van der Waals surface area contributed by atoms with Crippen molar-refractivity contribution >= 4 is 0 Å². The van der Waals surface area contributed by atoms with Gasteiger partial charge in [-0.15, -0.1) is 5.10 Å². The molecular formula is C14H26N4O2. The molecule has 0 amide bonds. The maximum absolute atomic E-state index is 5.70. The third-order valence-electron chi connectivity index (χ3n) is 3.56. The molecule has 0 bridgehead atoms. The van der Waals surface area contributed by atoms with Gasteiger partial charge in [0.05, 0.1) is 24.9 Å². The zero-order valence-corrected chi connectivity index (χ0v) is 12.8. The minimum atomic E-state index is -0.152. The Balaban J connectivity index is 1.77. The van der Waals surface area contributed by atoms with Gasteiger partial charge in [-0.3, -0.25) is 0 Å². The molecule has 1 aromatic heterocycles. The van der Waals surface area contributed by atoms with Crippen LogP contribution in [0.25, 0.3) is 0 Å². The van der Waals surface area contributed by atoms with Crippen molar-refractivity contribution in [3.63, 3.8) is 0 Å². The summed E-state index contributed by atoms with van der Waals surface area (Å²) in [5.74, 6) is 0. The molecule has 1 unspecified atom stereocenters. The van der Waals surface area contributed by atoms with Crippen molar-refractivity contribution < 1.29 is 9.47 Å². The Kier molecular flexibility index (Phi) is 5.51. The van der Waals surface area contributed by atoms with Gasteiger partial charge in [-0.05, 0) is 39.7 Å². The van der Waals surface area contributed by atoms with E-state index in [2.05, 4.69) is 36.4 Å². The Morgan fingerprint density at radius 2 is 2.35 bits per heavy atom. The van der Waals surface area contributed by atoms with Gasteiger partial charge in [0.1, 0.15) is 5.69 Å². The fourth-order valence-electron chi connectivity index (χ4n) is 2.35. The highest BCUT2D eigenvalue weighted by Crippen LogP contribution is 2.16. The summed E-state index contributed by atoms with van der Waals surface area (Å²) in [6.45, 7) is 9.33. The van der Waals surface area contributed by atoms with Crippen LogP contribution in [0.1, 0.15) is 45.7 Å². The molecule has 1 aliphatic heterocycles. The van der Waals surface area contributed by atoms with Crippen LogP contribution in [0.2, 0.25) is 0 Å². The summed E-state index contributed by atoms with van der Waals surface area (Å²) >= 11 is 0. The maximum Gasteiger partial charge on any atom is 0.157 e. The first kappa shape index (κ1) is 15.4. The molecule has 2 heterocycles. The van der Waals surface area contributed by atoms with Crippen LogP contribution in [-0.2, 0) is 21.6 Å². The largest absolute Gasteiger partial charge is 0.353 e. The first-order valence-electron chi connectivity index (χ1n) is 7.50. The van der Waals surface area contributed by atoms with E-state index in [0.29, 0.717) is 13.2 Å². The van der Waals surface area contributed by atoms with Crippen molar-refractivity contribution in [3.8, 4) is 0 Å². The average molecular weight is 282 g/mol. The topological polar surface area (TPSA) is 61.2 Å². The smallest absolute Gasteiger partial charge is 0.157 e. The van der Waals surface area contributed by atoms with E-state index >= 15 is 0 Å². The predicted molar refractivity (Wildman–Crippen MR) is 76.3 cm³/mol. The lowest BCUT2D eigenvalue weighted by Gasteiger charge is -2.23. The Labute approximate surface area is 120 Å². The zero-order chi connectivity index (χ0) is 14.4. The number of ether oxygens (including phenoxy) is 2. The van der Waals surface area contributed by atoms with Gasteiger partial charge in [-0.25, -0.2) is 4.68 Å². The Morgan fingerprint density at radius 1 is 1.50 bits per heavy atom. The van der Waals surface area contributed by atoms with Crippen LogP contribution in [-0.4, -0.2) is 41.0 Å². The second-order valence-corrected chi connectivity index (χ2v) is 5.69. The van der Waals surface area contributed by atoms with Gasteiger partial charge < -0.3 is 14.8 Å². The van der Waals surface area contributed by atoms with E-state index in [1.807, 2.05) is 10.9 Å². The van der Waals surface area contributed by atoms with Crippen molar-refractivity contribution in [2.45, 2.75) is 58.4 Å². The summed E-state index contributed by atoms with van der Waals surface area (Å²) in [6, 6.07) is 0. The van der Waals surface area contributed by atoms with Gasteiger partial charge in [0.25, 0.3) is 0 Å². The minimum absolute atomic E-state index is 0.0371. The molecule has 1 fully saturated rings. The third-order valence-corrected chi connectivity index (χ3v) is 3.56. The summed E-state index contributed by atoms with van der Waals surface area (Å²) in [7, 11) is 0. The molecule has 6 heteroatoms. The van der Waals surface area contributed by atoms with Gasteiger partial charge in [0.2, 0.25) is 0 Å². The molecule has 114 valence electrons. The van der Waals surface area contributed by atoms with Gasteiger partial charge in [0.15, 0.2) is 6.29 Å². The summed E-state index contributed by atoms with van der Waals surface area (Å²) in [6.07, 6.45) is 5.27. The van der Waals surface area contributed by atoms with Gasteiger partial charge >= 0.3 is 0 Å². The van der Waals surface area contributed by atoms with Crippen LogP contribution in [0.15, 0.2) is 6.20 Å². The number of nitrogens with one attached hydrogen (secondary N) is 1.